The number of benzene rings is 1. The second kappa shape index (κ2) is 8.09. The summed E-state index contributed by atoms with van der Waals surface area (Å²) >= 11 is 0. The summed E-state index contributed by atoms with van der Waals surface area (Å²) in [7, 11) is 0. The summed E-state index contributed by atoms with van der Waals surface area (Å²) in [6.45, 7) is 1.88. The van der Waals surface area contributed by atoms with Crippen molar-refractivity contribution in [2.75, 3.05) is 5.32 Å². The van der Waals surface area contributed by atoms with Gasteiger partial charge in [-0.15, -0.1) is 0 Å². The number of fused-ring (bicyclic) bond motifs is 2. The molecule has 5 aromatic rings. The van der Waals surface area contributed by atoms with Crippen LogP contribution >= 0.6 is 0 Å². The molecule has 0 unspecified atom stereocenters. The number of hydrogen-bond donors (Lipinski definition) is 1. The largest absolute Gasteiger partial charge is 0.412 e. The van der Waals surface area contributed by atoms with Gasteiger partial charge in [0.25, 0.3) is 0 Å². The molecule has 1 N–H and O–H groups in total. The molecule has 0 saturated heterocycles. The first-order valence-corrected chi connectivity index (χ1v) is 10.1. The Balaban J connectivity index is 1.74. The quantitative estimate of drug-likeness (QED) is 0.384. The predicted octanol–water partition coefficient (Wildman–Crippen LogP) is 5.66. The van der Waals surface area contributed by atoms with E-state index in [-0.39, 0.29) is 22.6 Å². The zero-order chi connectivity index (χ0) is 23.0. The smallest absolute Gasteiger partial charge is 0.353 e. The van der Waals surface area contributed by atoms with Crippen molar-refractivity contribution in [2.45, 2.75) is 19.1 Å². The maximum Gasteiger partial charge on any atom is 0.412 e. The Morgan fingerprint density at radius 2 is 1.76 bits per heavy atom. The first-order chi connectivity index (χ1) is 15.9. The maximum atomic E-state index is 14.5. The molecule has 0 aliphatic carbocycles. The SMILES string of the molecule is Cc1cccc2cc([C@@H](Nc3ncnc4cccnc34)C(F)(F)F)c(-c3cccnc3)nc12. The zero-order valence-electron chi connectivity index (χ0n) is 17.4. The van der Waals surface area contributed by atoms with Gasteiger partial charge in [-0.1, -0.05) is 18.2 Å². The van der Waals surface area contributed by atoms with Gasteiger partial charge in [-0.25, -0.2) is 15.0 Å². The molecule has 0 bridgehead atoms. The van der Waals surface area contributed by atoms with E-state index in [4.69, 9.17) is 0 Å². The Morgan fingerprint density at radius 3 is 2.55 bits per heavy atom. The van der Waals surface area contributed by atoms with Crippen molar-refractivity contribution >= 4 is 27.8 Å². The number of pyridine rings is 3. The Morgan fingerprint density at radius 1 is 0.909 bits per heavy atom. The van der Waals surface area contributed by atoms with Crippen molar-refractivity contribution in [1.82, 2.24) is 24.9 Å². The van der Waals surface area contributed by atoms with E-state index in [2.05, 4.69) is 30.2 Å². The lowest BCUT2D eigenvalue weighted by Crippen LogP contribution is -2.29. The third-order valence-corrected chi connectivity index (χ3v) is 5.33. The summed E-state index contributed by atoms with van der Waals surface area (Å²) < 4.78 is 43.5. The fourth-order valence-corrected chi connectivity index (χ4v) is 3.79. The first kappa shape index (κ1) is 20.7. The van der Waals surface area contributed by atoms with E-state index in [0.29, 0.717) is 22.0 Å². The second-order valence-electron chi connectivity index (χ2n) is 7.53. The van der Waals surface area contributed by atoms with Crippen LogP contribution in [0.5, 0.6) is 0 Å². The lowest BCUT2D eigenvalue weighted by atomic mass is 9.97. The summed E-state index contributed by atoms with van der Waals surface area (Å²) in [5.41, 5.74) is 2.85. The van der Waals surface area contributed by atoms with Crippen LogP contribution in [0.25, 0.3) is 33.2 Å². The van der Waals surface area contributed by atoms with Crippen molar-refractivity contribution < 1.29 is 13.2 Å². The molecule has 1 aromatic carbocycles. The third kappa shape index (κ3) is 3.93. The average molecular weight is 446 g/mol. The molecule has 5 rings (SSSR count). The minimum Gasteiger partial charge on any atom is -0.353 e. The van der Waals surface area contributed by atoms with Crippen LogP contribution in [0.4, 0.5) is 19.0 Å². The predicted molar refractivity (Wildman–Crippen MR) is 119 cm³/mol. The van der Waals surface area contributed by atoms with Gasteiger partial charge in [0.2, 0.25) is 0 Å². The van der Waals surface area contributed by atoms with Crippen LogP contribution in [0, 0.1) is 6.92 Å². The van der Waals surface area contributed by atoms with Gasteiger partial charge in [-0.05, 0) is 42.8 Å². The zero-order valence-corrected chi connectivity index (χ0v) is 17.4. The van der Waals surface area contributed by atoms with Gasteiger partial charge in [0.05, 0.1) is 16.7 Å². The van der Waals surface area contributed by atoms with E-state index in [1.807, 2.05) is 13.0 Å². The second-order valence-corrected chi connectivity index (χ2v) is 7.53. The number of alkyl halides is 3. The molecule has 164 valence electrons. The lowest BCUT2D eigenvalue weighted by Gasteiger charge is -2.25. The molecule has 0 aliphatic rings. The Labute approximate surface area is 186 Å². The summed E-state index contributed by atoms with van der Waals surface area (Å²) in [6.07, 6.45) is 1.12. The molecule has 9 heteroatoms. The molecule has 0 aliphatic heterocycles. The molecule has 6 nitrogen and oxygen atoms in total. The molecule has 0 amide bonds. The van der Waals surface area contributed by atoms with Crippen LogP contribution in [0.2, 0.25) is 0 Å². The average Bonchev–Trinajstić information content (AvgIpc) is 2.82. The topological polar surface area (TPSA) is 76.5 Å². The molecule has 0 spiro atoms. The molecule has 0 saturated carbocycles. The molecule has 0 fully saturated rings. The minimum atomic E-state index is -4.65. The number of hydrogen-bond acceptors (Lipinski definition) is 6. The van der Waals surface area contributed by atoms with E-state index in [9.17, 15) is 13.2 Å². The summed E-state index contributed by atoms with van der Waals surface area (Å²) in [6, 6.07) is 11.5. The molecule has 0 radical (unpaired) electrons. The van der Waals surface area contributed by atoms with Crippen LogP contribution in [0.15, 0.2) is 73.4 Å². The number of aromatic nitrogens is 5. The molecule has 4 aromatic heterocycles. The Hall–Kier alpha value is -4.14. The van der Waals surface area contributed by atoms with Gasteiger partial charge in [-0.3, -0.25) is 9.97 Å². The van der Waals surface area contributed by atoms with Crippen molar-refractivity contribution in [3.05, 3.63) is 84.6 Å². The van der Waals surface area contributed by atoms with Gasteiger partial charge in [0.15, 0.2) is 11.9 Å². The van der Waals surface area contributed by atoms with Crippen molar-refractivity contribution in [1.29, 1.82) is 0 Å². The van der Waals surface area contributed by atoms with Gasteiger partial charge in [0, 0.05) is 35.1 Å². The van der Waals surface area contributed by atoms with E-state index < -0.39 is 12.2 Å². The van der Waals surface area contributed by atoms with Gasteiger partial charge in [0.1, 0.15) is 11.8 Å². The van der Waals surface area contributed by atoms with Crippen LogP contribution in [-0.4, -0.2) is 31.1 Å². The highest BCUT2D eigenvalue weighted by Gasteiger charge is 2.43. The number of nitrogens with zero attached hydrogens (tertiary/aromatic N) is 5. The number of para-hydroxylation sites is 1. The van der Waals surface area contributed by atoms with Gasteiger partial charge in [-0.2, -0.15) is 13.2 Å². The highest BCUT2D eigenvalue weighted by Crippen LogP contribution is 2.41. The number of rotatable bonds is 4. The number of halogens is 3. The normalized spacial score (nSPS) is 12.7. The fraction of sp³-hybridized carbons (Fsp3) is 0.125. The van der Waals surface area contributed by atoms with Crippen LogP contribution in [0.3, 0.4) is 0 Å². The van der Waals surface area contributed by atoms with Crippen LogP contribution < -0.4 is 5.32 Å². The Bertz CT molecular complexity index is 1450. The van der Waals surface area contributed by atoms with Crippen LogP contribution in [-0.2, 0) is 0 Å². The summed E-state index contributed by atoms with van der Waals surface area (Å²) in [5.74, 6) is -0.00981. The van der Waals surface area contributed by atoms with Crippen molar-refractivity contribution in [3.63, 3.8) is 0 Å². The van der Waals surface area contributed by atoms with E-state index in [0.717, 1.165) is 5.56 Å². The highest BCUT2D eigenvalue weighted by molar-refractivity contribution is 5.87. The molecule has 33 heavy (non-hydrogen) atoms. The van der Waals surface area contributed by atoms with E-state index in [1.54, 1.807) is 42.6 Å². The standard InChI is InChI=1S/C24H17F3N6/c1-14-5-2-6-15-11-17(20(32-19(14)15)16-7-3-9-28-12-16)22(24(25,26)27)33-23-21-18(30-13-31-23)8-4-10-29-21/h2-13,22H,1H3,(H,30,31,33)/t22-/m1/s1. The molecular weight excluding hydrogens is 429 g/mol. The number of anilines is 1. The maximum absolute atomic E-state index is 14.5. The van der Waals surface area contributed by atoms with Gasteiger partial charge >= 0.3 is 6.18 Å². The first-order valence-electron chi connectivity index (χ1n) is 10.1. The van der Waals surface area contributed by atoms with Crippen molar-refractivity contribution in [3.8, 4) is 11.3 Å². The fourth-order valence-electron chi connectivity index (χ4n) is 3.79. The van der Waals surface area contributed by atoms with E-state index in [1.165, 1.54) is 24.8 Å². The summed E-state index contributed by atoms with van der Waals surface area (Å²) in [5, 5.41) is 3.18. The third-order valence-electron chi connectivity index (χ3n) is 5.33. The van der Waals surface area contributed by atoms with Crippen molar-refractivity contribution in [2.24, 2.45) is 0 Å². The molecular formula is C24H17F3N6. The molecule has 4 heterocycles. The Kier molecular flexibility index (Phi) is 5.08. The molecule has 1 atom stereocenters. The summed E-state index contributed by atoms with van der Waals surface area (Å²) in [4.78, 5) is 21.0. The lowest BCUT2D eigenvalue weighted by molar-refractivity contribution is -0.143. The minimum absolute atomic E-state index is 0.00981. The van der Waals surface area contributed by atoms with Crippen LogP contribution in [0.1, 0.15) is 17.2 Å². The highest BCUT2D eigenvalue weighted by atomic mass is 19.4. The van der Waals surface area contributed by atoms with Gasteiger partial charge < -0.3 is 5.32 Å². The monoisotopic (exact) mass is 446 g/mol. The number of aryl methyl sites for hydroxylation is 1. The number of nitrogens with one attached hydrogen (secondary N) is 1. The van der Waals surface area contributed by atoms with E-state index >= 15 is 0 Å².